The first kappa shape index (κ1) is 14.0. The summed E-state index contributed by atoms with van der Waals surface area (Å²) in [7, 11) is 5.72. The lowest BCUT2D eigenvalue weighted by Crippen LogP contribution is -2.25. The van der Waals surface area contributed by atoms with Crippen molar-refractivity contribution in [1.82, 2.24) is 5.32 Å². The largest absolute Gasteiger partial charge is 0.315 e. The van der Waals surface area contributed by atoms with E-state index in [4.69, 9.17) is 7.85 Å². The molecule has 1 N–H and O–H groups in total. The van der Waals surface area contributed by atoms with E-state index in [2.05, 4.69) is 26.1 Å². The Kier molecular flexibility index (Phi) is 9.59. The Morgan fingerprint density at radius 3 is 2.36 bits per heavy atom. The van der Waals surface area contributed by atoms with Gasteiger partial charge in [0.1, 0.15) is 0 Å². The lowest BCUT2D eigenvalue weighted by molar-refractivity contribution is 0.428. The van der Waals surface area contributed by atoms with E-state index in [1.165, 1.54) is 32.1 Å². The Balaban J connectivity index is 3.40. The fourth-order valence-corrected chi connectivity index (χ4v) is 1.95. The van der Waals surface area contributed by atoms with Gasteiger partial charge in [0, 0.05) is 6.04 Å². The Morgan fingerprint density at radius 2 is 1.86 bits per heavy atom. The van der Waals surface area contributed by atoms with Gasteiger partial charge in [-0.3, -0.25) is 0 Å². The summed E-state index contributed by atoms with van der Waals surface area (Å²) in [4.78, 5) is 0. The highest BCUT2D eigenvalue weighted by Gasteiger charge is 2.05. The fourth-order valence-electron chi connectivity index (χ4n) is 1.95. The highest BCUT2D eigenvalue weighted by atomic mass is 14.9. The van der Waals surface area contributed by atoms with Crippen molar-refractivity contribution in [2.75, 3.05) is 6.54 Å². The van der Waals surface area contributed by atoms with Gasteiger partial charge in [-0.15, -0.1) is 0 Å². The number of hydrogen-bond acceptors (Lipinski definition) is 1. The lowest BCUT2D eigenvalue weighted by atomic mass is 9.84. The van der Waals surface area contributed by atoms with E-state index in [9.17, 15) is 0 Å². The molecule has 2 radical (unpaired) electrons. The molecule has 0 aromatic carbocycles. The van der Waals surface area contributed by atoms with Crippen molar-refractivity contribution in [3.8, 4) is 0 Å². The second-order valence-corrected chi connectivity index (χ2v) is 4.28. The van der Waals surface area contributed by atoms with Crippen LogP contribution in [0.25, 0.3) is 0 Å². The Hall–Kier alpha value is 0.0249. The summed E-state index contributed by atoms with van der Waals surface area (Å²) in [6.45, 7) is 7.75. The van der Waals surface area contributed by atoms with E-state index in [0.29, 0.717) is 6.04 Å². The van der Waals surface area contributed by atoms with Crippen LogP contribution in [-0.4, -0.2) is 20.4 Å². The second kappa shape index (κ2) is 9.58. The zero-order valence-corrected chi connectivity index (χ0v) is 10.2. The van der Waals surface area contributed by atoms with Gasteiger partial charge in [-0.05, 0) is 25.8 Å². The van der Waals surface area contributed by atoms with Crippen molar-refractivity contribution in [2.24, 2.45) is 5.92 Å². The predicted octanol–water partition coefficient (Wildman–Crippen LogP) is 3.16. The third-order valence-corrected chi connectivity index (χ3v) is 2.83. The maximum Gasteiger partial charge on any atom is 0.0656 e. The van der Waals surface area contributed by atoms with E-state index in [1.807, 2.05) is 0 Å². The molecule has 0 aliphatic heterocycles. The molecule has 0 amide bonds. The minimum atomic E-state index is 0.667. The third kappa shape index (κ3) is 7.43. The van der Waals surface area contributed by atoms with Crippen LogP contribution in [0.1, 0.15) is 52.9 Å². The average Bonchev–Trinajstić information content (AvgIpc) is 2.17. The molecule has 2 heteroatoms. The molecule has 1 nitrogen and oxygen atoms in total. The van der Waals surface area contributed by atoms with E-state index >= 15 is 0 Å². The lowest BCUT2D eigenvalue weighted by Gasteiger charge is -2.16. The minimum absolute atomic E-state index is 0.667. The van der Waals surface area contributed by atoms with Crippen molar-refractivity contribution in [3.63, 3.8) is 0 Å². The molecule has 2 atom stereocenters. The van der Waals surface area contributed by atoms with Crippen molar-refractivity contribution >= 4 is 7.85 Å². The molecule has 0 spiro atoms. The maximum atomic E-state index is 5.72. The summed E-state index contributed by atoms with van der Waals surface area (Å²) in [5, 5.41) is 3.44. The van der Waals surface area contributed by atoms with Crippen molar-refractivity contribution < 1.29 is 0 Å². The van der Waals surface area contributed by atoms with Crippen LogP contribution in [0, 0.1) is 5.92 Å². The van der Waals surface area contributed by atoms with Gasteiger partial charge in [-0.2, -0.15) is 0 Å². The van der Waals surface area contributed by atoms with Gasteiger partial charge in [-0.1, -0.05) is 45.9 Å². The molecule has 0 heterocycles. The molecular formula is C12H26BN. The molecule has 0 saturated carbocycles. The van der Waals surface area contributed by atoms with Gasteiger partial charge in [0.05, 0.1) is 7.85 Å². The topological polar surface area (TPSA) is 12.0 Å². The molecule has 0 fully saturated rings. The Morgan fingerprint density at radius 1 is 1.14 bits per heavy atom. The molecule has 82 valence electrons. The third-order valence-electron chi connectivity index (χ3n) is 2.83. The van der Waals surface area contributed by atoms with Gasteiger partial charge in [0.25, 0.3) is 0 Å². The van der Waals surface area contributed by atoms with Gasteiger partial charge < -0.3 is 5.32 Å². The van der Waals surface area contributed by atoms with Crippen LogP contribution in [0.2, 0.25) is 6.32 Å². The van der Waals surface area contributed by atoms with Crippen LogP contribution in [0.15, 0.2) is 0 Å². The van der Waals surface area contributed by atoms with Crippen LogP contribution in [0.3, 0.4) is 0 Å². The molecular weight excluding hydrogens is 169 g/mol. The van der Waals surface area contributed by atoms with E-state index in [0.717, 1.165) is 18.8 Å². The first-order valence-corrected chi connectivity index (χ1v) is 6.18. The Labute approximate surface area is 91.5 Å². The first-order valence-electron chi connectivity index (χ1n) is 6.18. The standard InChI is InChI=1S/C12H26BN/c1-4-7-12(10-13)9-6-8-11(3)14-5-2/h11-12,14H,4-10H2,1-3H3. The van der Waals surface area contributed by atoms with Crippen molar-refractivity contribution in [1.29, 1.82) is 0 Å². The molecule has 0 saturated heterocycles. The number of rotatable bonds is 9. The second-order valence-electron chi connectivity index (χ2n) is 4.28. The van der Waals surface area contributed by atoms with Crippen LogP contribution in [0.5, 0.6) is 0 Å². The average molecular weight is 195 g/mol. The van der Waals surface area contributed by atoms with E-state index < -0.39 is 0 Å². The highest BCUT2D eigenvalue weighted by molar-refractivity contribution is 6.08. The molecule has 14 heavy (non-hydrogen) atoms. The zero-order chi connectivity index (χ0) is 10.8. The fraction of sp³-hybridized carbons (Fsp3) is 1.00. The molecule has 0 bridgehead atoms. The van der Waals surface area contributed by atoms with E-state index in [1.54, 1.807) is 0 Å². The summed E-state index contributed by atoms with van der Waals surface area (Å²) in [6.07, 6.45) is 7.34. The molecule has 2 unspecified atom stereocenters. The molecule has 0 aliphatic carbocycles. The summed E-state index contributed by atoms with van der Waals surface area (Å²) < 4.78 is 0. The smallest absolute Gasteiger partial charge is 0.0656 e. The molecule has 0 aliphatic rings. The van der Waals surface area contributed by atoms with Crippen LogP contribution < -0.4 is 5.32 Å². The van der Waals surface area contributed by atoms with Crippen LogP contribution in [0.4, 0.5) is 0 Å². The van der Waals surface area contributed by atoms with Gasteiger partial charge >= 0.3 is 0 Å². The quantitative estimate of drug-likeness (QED) is 0.557. The molecule has 0 rings (SSSR count). The van der Waals surface area contributed by atoms with Crippen molar-refractivity contribution in [3.05, 3.63) is 0 Å². The normalized spacial score (nSPS) is 15.4. The molecule has 0 aromatic rings. The monoisotopic (exact) mass is 195 g/mol. The van der Waals surface area contributed by atoms with Crippen LogP contribution >= 0.6 is 0 Å². The summed E-state index contributed by atoms with van der Waals surface area (Å²) in [5.74, 6) is 0.758. The van der Waals surface area contributed by atoms with Crippen LogP contribution in [-0.2, 0) is 0 Å². The van der Waals surface area contributed by atoms with Gasteiger partial charge in [-0.25, -0.2) is 0 Å². The number of hydrogen-bond donors (Lipinski definition) is 1. The Bertz CT molecular complexity index is 117. The summed E-state index contributed by atoms with van der Waals surface area (Å²) in [6, 6.07) is 0.667. The molecule has 0 aromatic heterocycles. The van der Waals surface area contributed by atoms with Crippen molar-refractivity contribution in [2.45, 2.75) is 65.2 Å². The highest BCUT2D eigenvalue weighted by Crippen LogP contribution is 2.18. The zero-order valence-electron chi connectivity index (χ0n) is 10.2. The van der Waals surface area contributed by atoms with E-state index in [-0.39, 0.29) is 0 Å². The van der Waals surface area contributed by atoms with Gasteiger partial charge in [0.15, 0.2) is 0 Å². The van der Waals surface area contributed by atoms with Gasteiger partial charge in [0.2, 0.25) is 0 Å². The SMILES string of the molecule is [B]CC(CCC)CCCC(C)NCC. The number of nitrogens with one attached hydrogen (secondary N) is 1. The first-order chi connectivity index (χ1) is 6.74. The minimum Gasteiger partial charge on any atom is -0.315 e. The summed E-state index contributed by atoms with van der Waals surface area (Å²) >= 11 is 0. The predicted molar refractivity (Wildman–Crippen MR) is 65.9 cm³/mol. The summed E-state index contributed by atoms with van der Waals surface area (Å²) in [5.41, 5.74) is 0. The maximum absolute atomic E-state index is 5.72.